The van der Waals surface area contributed by atoms with Crippen molar-refractivity contribution in [3.05, 3.63) is 71.3 Å². The minimum absolute atomic E-state index is 0.0655. The number of aryl methyl sites for hydroxylation is 1. The van der Waals surface area contributed by atoms with Crippen LogP contribution in [0.4, 0.5) is 16.3 Å². The van der Waals surface area contributed by atoms with Crippen LogP contribution in [0.15, 0.2) is 48.8 Å². The van der Waals surface area contributed by atoms with E-state index in [9.17, 15) is 9.59 Å². The number of carbonyl (C=O) groups excluding carboxylic acids is 2. The summed E-state index contributed by atoms with van der Waals surface area (Å²) < 4.78 is 5.34. The third kappa shape index (κ3) is 4.31. The molecule has 0 unspecified atom stereocenters. The van der Waals surface area contributed by atoms with Crippen LogP contribution < -0.4 is 15.0 Å². The van der Waals surface area contributed by atoms with Gasteiger partial charge in [0.25, 0.3) is 0 Å². The fraction of sp³-hybridized carbons (Fsp3) is 0.321. The van der Waals surface area contributed by atoms with E-state index in [0.717, 1.165) is 65.8 Å². The van der Waals surface area contributed by atoms with Gasteiger partial charge in [0.2, 0.25) is 5.78 Å². The highest BCUT2D eigenvalue weighted by atomic mass is 16.5. The van der Waals surface area contributed by atoms with Gasteiger partial charge in [0.05, 0.1) is 12.6 Å². The van der Waals surface area contributed by atoms with Crippen LogP contribution in [-0.4, -0.2) is 69.7 Å². The summed E-state index contributed by atoms with van der Waals surface area (Å²) in [4.78, 5) is 39.1. The number of hydrogen-bond acceptors (Lipinski definition) is 7. The lowest BCUT2D eigenvalue weighted by atomic mass is 10.0. The predicted molar refractivity (Wildman–Crippen MR) is 144 cm³/mol. The van der Waals surface area contributed by atoms with Gasteiger partial charge in [-0.15, -0.1) is 0 Å². The van der Waals surface area contributed by atoms with Gasteiger partial charge in [0.15, 0.2) is 0 Å². The van der Waals surface area contributed by atoms with E-state index in [4.69, 9.17) is 4.74 Å². The Morgan fingerprint density at radius 1 is 1.08 bits per heavy atom. The summed E-state index contributed by atoms with van der Waals surface area (Å²) in [5.41, 5.74) is 4.46. The first-order valence-corrected chi connectivity index (χ1v) is 12.8. The number of nitrogens with one attached hydrogen (secondary N) is 2. The number of urea groups is 1. The summed E-state index contributed by atoms with van der Waals surface area (Å²) in [6.07, 6.45) is 3.83. The largest absolute Gasteiger partial charge is 0.497 e. The molecular formula is C28H29N7O3. The number of benzene rings is 2. The Kier molecular flexibility index (Phi) is 6.15. The van der Waals surface area contributed by atoms with Crippen molar-refractivity contribution in [2.45, 2.75) is 32.2 Å². The van der Waals surface area contributed by atoms with Gasteiger partial charge in [-0.25, -0.2) is 14.8 Å². The smallest absolute Gasteiger partial charge is 0.322 e. The summed E-state index contributed by atoms with van der Waals surface area (Å²) in [6.45, 7) is 4.08. The van der Waals surface area contributed by atoms with E-state index in [2.05, 4.69) is 30.4 Å². The molecule has 4 heterocycles. The Hall–Kier alpha value is -4.47. The summed E-state index contributed by atoms with van der Waals surface area (Å²) in [7, 11) is 1.65. The number of aromatic nitrogens is 4. The number of amides is 2. The number of aromatic amines is 1. The Morgan fingerprint density at radius 2 is 1.92 bits per heavy atom. The van der Waals surface area contributed by atoms with Crippen molar-refractivity contribution in [2.75, 3.05) is 37.0 Å². The Balaban J connectivity index is 1.14. The molecule has 0 saturated carbocycles. The number of ether oxygens (including phenoxy) is 1. The van der Waals surface area contributed by atoms with E-state index in [1.54, 1.807) is 13.2 Å². The zero-order chi connectivity index (χ0) is 26.2. The minimum Gasteiger partial charge on any atom is -0.497 e. The highest BCUT2D eigenvalue weighted by Gasteiger charge is 2.31. The van der Waals surface area contributed by atoms with E-state index in [1.807, 2.05) is 48.2 Å². The SMILES string of the molecule is COc1ccc2c(c1)CCN(C1CCN(c3cc(C(=O)c4[nH]nc5c(C)cccc45)ncn3)CC1)C(=O)N2. The molecular weight excluding hydrogens is 482 g/mol. The summed E-state index contributed by atoms with van der Waals surface area (Å²) in [5, 5.41) is 11.1. The number of para-hydroxylation sites is 1. The van der Waals surface area contributed by atoms with Gasteiger partial charge in [-0.3, -0.25) is 9.89 Å². The van der Waals surface area contributed by atoms with Gasteiger partial charge in [-0.05, 0) is 55.5 Å². The zero-order valence-corrected chi connectivity index (χ0v) is 21.4. The first-order valence-electron chi connectivity index (χ1n) is 12.8. The third-order valence-corrected chi connectivity index (χ3v) is 7.57. The lowest BCUT2D eigenvalue weighted by molar-refractivity contribution is 0.103. The van der Waals surface area contributed by atoms with Gasteiger partial charge in [-0.1, -0.05) is 18.2 Å². The molecule has 6 rings (SSSR count). The normalized spacial score (nSPS) is 16.2. The summed E-state index contributed by atoms with van der Waals surface area (Å²) in [5.74, 6) is 1.29. The van der Waals surface area contributed by atoms with E-state index < -0.39 is 0 Å². The molecule has 2 aromatic heterocycles. The second kappa shape index (κ2) is 9.77. The molecule has 0 aliphatic carbocycles. The summed E-state index contributed by atoms with van der Waals surface area (Å²) >= 11 is 0. The van der Waals surface area contributed by atoms with Crippen LogP contribution in [0.3, 0.4) is 0 Å². The van der Waals surface area contributed by atoms with Crippen molar-refractivity contribution in [1.29, 1.82) is 0 Å². The van der Waals surface area contributed by atoms with Crippen LogP contribution >= 0.6 is 0 Å². The first kappa shape index (κ1) is 23.9. The molecule has 10 heteroatoms. The minimum atomic E-state index is -0.214. The monoisotopic (exact) mass is 511 g/mol. The van der Waals surface area contributed by atoms with Gasteiger partial charge < -0.3 is 19.9 Å². The van der Waals surface area contributed by atoms with Gasteiger partial charge in [0, 0.05) is 42.8 Å². The maximum Gasteiger partial charge on any atom is 0.322 e. The molecule has 4 aromatic rings. The van der Waals surface area contributed by atoms with Crippen molar-refractivity contribution in [3.8, 4) is 5.75 Å². The molecule has 0 bridgehead atoms. The molecule has 10 nitrogen and oxygen atoms in total. The maximum absolute atomic E-state index is 13.3. The fourth-order valence-electron chi connectivity index (χ4n) is 5.44. The number of piperidine rings is 1. The molecule has 0 atom stereocenters. The summed E-state index contributed by atoms with van der Waals surface area (Å²) in [6, 6.07) is 13.3. The molecule has 0 spiro atoms. The van der Waals surface area contributed by atoms with Crippen LogP contribution in [-0.2, 0) is 6.42 Å². The van der Waals surface area contributed by atoms with Crippen molar-refractivity contribution < 1.29 is 14.3 Å². The molecule has 194 valence electrons. The predicted octanol–water partition coefficient (Wildman–Crippen LogP) is 3.96. The number of methoxy groups -OCH3 is 1. The van der Waals surface area contributed by atoms with Crippen LogP contribution in [0.5, 0.6) is 5.75 Å². The fourth-order valence-corrected chi connectivity index (χ4v) is 5.44. The molecule has 0 radical (unpaired) electrons. The molecule has 2 amide bonds. The topological polar surface area (TPSA) is 116 Å². The number of nitrogens with zero attached hydrogens (tertiary/aromatic N) is 5. The molecule has 1 fully saturated rings. The van der Waals surface area contributed by atoms with Crippen molar-refractivity contribution in [3.63, 3.8) is 0 Å². The van der Waals surface area contributed by atoms with E-state index in [1.165, 1.54) is 6.33 Å². The van der Waals surface area contributed by atoms with Crippen molar-refractivity contribution >= 4 is 34.2 Å². The number of fused-ring (bicyclic) bond motifs is 2. The Morgan fingerprint density at radius 3 is 2.74 bits per heavy atom. The molecule has 1 saturated heterocycles. The zero-order valence-electron chi connectivity index (χ0n) is 21.4. The molecule has 2 aromatic carbocycles. The number of ketones is 1. The third-order valence-electron chi connectivity index (χ3n) is 7.57. The maximum atomic E-state index is 13.3. The molecule has 2 N–H and O–H groups in total. The van der Waals surface area contributed by atoms with Gasteiger partial charge in [-0.2, -0.15) is 5.10 Å². The second-order valence-corrected chi connectivity index (χ2v) is 9.78. The van der Waals surface area contributed by atoms with Crippen molar-refractivity contribution in [2.24, 2.45) is 0 Å². The number of carbonyl (C=O) groups is 2. The Labute approximate surface area is 220 Å². The Bertz CT molecular complexity index is 1520. The van der Waals surface area contributed by atoms with E-state index >= 15 is 0 Å². The lowest BCUT2D eigenvalue weighted by Crippen LogP contribution is -2.49. The van der Waals surface area contributed by atoms with Crippen LogP contribution in [0, 0.1) is 6.92 Å². The molecule has 38 heavy (non-hydrogen) atoms. The van der Waals surface area contributed by atoms with E-state index in [0.29, 0.717) is 23.8 Å². The number of rotatable bonds is 5. The average Bonchev–Trinajstić information content (AvgIpc) is 3.32. The van der Waals surface area contributed by atoms with Crippen LogP contribution in [0.2, 0.25) is 0 Å². The van der Waals surface area contributed by atoms with Gasteiger partial charge in [0.1, 0.15) is 29.3 Å². The molecule has 2 aliphatic rings. The van der Waals surface area contributed by atoms with Crippen LogP contribution in [0.1, 0.15) is 40.2 Å². The van der Waals surface area contributed by atoms with Gasteiger partial charge >= 0.3 is 6.03 Å². The second-order valence-electron chi connectivity index (χ2n) is 9.78. The highest BCUT2D eigenvalue weighted by molar-refractivity contribution is 6.14. The first-order chi connectivity index (χ1) is 18.5. The molecule has 2 aliphatic heterocycles. The van der Waals surface area contributed by atoms with Crippen LogP contribution in [0.25, 0.3) is 10.9 Å². The number of anilines is 2. The average molecular weight is 512 g/mol. The standard InChI is InChI=1S/C28H29N7O3/c1-17-4-3-5-21-25(17)32-33-26(21)27(36)23-15-24(30-16-29-23)34-11-9-19(10-12-34)35-13-8-18-14-20(38-2)6-7-22(18)31-28(35)37/h3-7,14-16,19H,8-13H2,1-2H3,(H,31,37)(H,32,33). The van der Waals surface area contributed by atoms with Crippen molar-refractivity contribution in [1.82, 2.24) is 25.1 Å². The number of H-pyrrole nitrogens is 1. The quantitative estimate of drug-likeness (QED) is 0.390. The highest BCUT2D eigenvalue weighted by Crippen LogP contribution is 2.29. The number of hydrogen-bond donors (Lipinski definition) is 2. The van der Waals surface area contributed by atoms with E-state index in [-0.39, 0.29) is 17.9 Å². The lowest BCUT2D eigenvalue weighted by Gasteiger charge is -2.38.